The van der Waals surface area contributed by atoms with Crippen LogP contribution in [0.25, 0.3) is 0 Å². The van der Waals surface area contributed by atoms with Crippen molar-refractivity contribution in [3.8, 4) is 0 Å². The zero-order valence-electron chi connectivity index (χ0n) is 12.1. The normalized spacial score (nSPS) is 26.6. The highest BCUT2D eigenvalue weighted by atomic mass is 79.9. The van der Waals surface area contributed by atoms with Crippen LogP contribution in [0.4, 0.5) is 0 Å². The molecule has 1 heterocycles. The highest BCUT2D eigenvalue weighted by molar-refractivity contribution is 9.09. The quantitative estimate of drug-likeness (QED) is 0.623. The molecule has 1 nitrogen and oxygen atoms in total. The van der Waals surface area contributed by atoms with Gasteiger partial charge in [0.25, 0.3) is 0 Å². The largest absolute Gasteiger partial charge is 0.302 e. The van der Waals surface area contributed by atoms with E-state index in [-0.39, 0.29) is 0 Å². The Morgan fingerprint density at radius 3 is 1.88 bits per heavy atom. The smallest absolute Gasteiger partial charge is 0.0100 e. The van der Waals surface area contributed by atoms with E-state index in [1.165, 1.54) is 50.6 Å². The molecule has 0 aliphatic carbocycles. The van der Waals surface area contributed by atoms with E-state index < -0.39 is 0 Å². The molecule has 0 N–H and O–H groups in total. The summed E-state index contributed by atoms with van der Waals surface area (Å²) in [5.74, 6) is 1.76. The minimum absolute atomic E-state index is 0.521. The molecular weight excluding hydrogens is 274 g/mol. The first-order valence-electron chi connectivity index (χ1n) is 7.35. The van der Waals surface area contributed by atoms with Crippen LogP contribution in [-0.2, 0) is 0 Å². The summed E-state index contributed by atoms with van der Waals surface area (Å²) < 4.78 is 0. The van der Waals surface area contributed by atoms with Gasteiger partial charge in [-0.1, -0.05) is 56.5 Å². The van der Waals surface area contributed by atoms with Gasteiger partial charge in [-0.05, 0) is 30.1 Å². The van der Waals surface area contributed by atoms with Gasteiger partial charge in [0.1, 0.15) is 0 Å². The van der Waals surface area contributed by atoms with E-state index in [1.807, 2.05) is 0 Å². The lowest BCUT2D eigenvalue weighted by Gasteiger charge is -2.36. The Bertz CT molecular complexity index is 201. The van der Waals surface area contributed by atoms with Gasteiger partial charge in [-0.25, -0.2) is 0 Å². The van der Waals surface area contributed by atoms with Crippen molar-refractivity contribution in [2.24, 2.45) is 17.3 Å². The zero-order valence-corrected chi connectivity index (χ0v) is 13.7. The van der Waals surface area contributed by atoms with Crippen molar-refractivity contribution in [1.82, 2.24) is 4.90 Å². The fourth-order valence-corrected chi connectivity index (χ4v) is 4.11. The van der Waals surface area contributed by atoms with Crippen LogP contribution >= 0.6 is 15.9 Å². The summed E-state index contributed by atoms with van der Waals surface area (Å²) >= 11 is 3.79. The van der Waals surface area contributed by atoms with Crippen LogP contribution in [0.5, 0.6) is 0 Å². The Morgan fingerprint density at radius 2 is 1.53 bits per heavy atom. The van der Waals surface area contributed by atoms with E-state index in [1.54, 1.807) is 0 Å². The maximum absolute atomic E-state index is 3.79. The van der Waals surface area contributed by atoms with Gasteiger partial charge < -0.3 is 4.90 Å². The molecule has 0 radical (unpaired) electrons. The van der Waals surface area contributed by atoms with Gasteiger partial charge in [0.05, 0.1) is 0 Å². The van der Waals surface area contributed by atoms with Crippen molar-refractivity contribution in [1.29, 1.82) is 0 Å². The summed E-state index contributed by atoms with van der Waals surface area (Å²) in [5, 5.41) is 1.17. The molecule has 0 aromatic carbocycles. The Kier molecular flexibility index (Phi) is 6.50. The van der Waals surface area contributed by atoms with Gasteiger partial charge in [-0.3, -0.25) is 0 Å². The molecule has 0 bridgehead atoms. The third-order valence-electron chi connectivity index (χ3n) is 4.47. The minimum Gasteiger partial charge on any atom is -0.302 e. The lowest BCUT2D eigenvalue weighted by Crippen LogP contribution is -2.38. The number of alkyl halides is 1. The Labute approximate surface area is 116 Å². The molecule has 0 saturated carbocycles. The number of hydrogen-bond acceptors (Lipinski definition) is 1. The van der Waals surface area contributed by atoms with Gasteiger partial charge in [-0.2, -0.15) is 0 Å². The van der Waals surface area contributed by atoms with Crippen molar-refractivity contribution < 1.29 is 0 Å². The van der Waals surface area contributed by atoms with Gasteiger partial charge in [-0.15, -0.1) is 0 Å². The van der Waals surface area contributed by atoms with E-state index >= 15 is 0 Å². The van der Waals surface area contributed by atoms with Gasteiger partial charge in [0, 0.05) is 25.0 Å². The third kappa shape index (κ3) is 4.24. The fraction of sp³-hybridized carbons (Fsp3) is 1.00. The number of nitrogens with zero attached hydrogens (tertiary/aromatic N) is 1. The predicted molar refractivity (Wildman–Crippen MR) is 80.8 cm³/mol. The molecule has 2 heteroatoms. The topological polar surface area (TPSA) is 3.24 Å². The fourth-order valence-electron chi connectivity index (χ4n) is 3.37. The molecule has 1 saturated heterocycles. The number of halogens is 1. The Balaban J connectivity index is 2.59. The molecule has 0 spiro atoms. The molecule has 17 heavy (non-hydrogen) atoms. The van der Waals surface area contributed by atoms with E-state index in [0.717, 1.165) is 11.8 Å². The van der Waals surface area contributed by atoms with E-state index in [0.29, 0.717) is 5.41 Å². The Morgan fingerprint density at radius 1 is 1.06 bits per heavy atom. The van der Waals surface area contributed by atoms with E-state index in [2.05, 4.69) is 48.5 Å². The number of hydrogen-bond donors (Lipinski definition) is 0. The van der Waals surface area contributed by atoms with Crippen LogP contribution in [0.15, 0.2) is 0 Å². The summed E-state index contributed by atoms with van der Waals surface area (Å²) in [6, 6.07) is 0. The number of likely N-dealkylation sites (tertiary alicyclic amines) is 1. The second kappa shape index (κ2) is 7.13. The predicted octanol–water partition coefficient (Wildman–Crippen LogP) is 4.56. The van der Waals surface area contributed by atoms with Gasteiger partial charge in [0.15, 0.2) is 0 Å². The molecule has 1 aliphatic heterocycles. The minimum atomic E-state index is 0.521. The molecule has 2 unspecified atom stereocenters. The van der Waals surface area contributed by atoms with Crippen LogP contribution in [-0.4, -0.2) is 29.9 Å². The van der Waals surface area contributed by atoms with Gasteiger partial charge in [0.2, 0.25) is 0 Å². The van der Waals surface area contributed by atoms with Crippen LogP contribution < -0.4 is 0 Å². The molecule has 0 aromatic heterocycles. The van der Waals surface area contributed by atoms with Gasteiger partial charge >= 0.3 is 0 Å². The summed E-state index contributed by atoms with van der Waals surface area (Å²) in [7, 11) is 0. The van der Waals surface area contributed by atoms with Crippen molar-refractivity contribution in [3.63, 3.8) is 0 Å². The molecule has 1 fully saturated rings. The highest BCUT2D eigenvalue weighted by Crippen LogP contribution is 2.35. The van der Waals surface area contributed by atoms with Crippen LogP contribution in [0.2, 0.25) is 0 Å². The lowest BCUT2D eigenvalue weighted by atomic mass is 9.81. The monoisotopic (exact) mass is 303 g/mol. The summed E-state index contributed by atoms with van der Waals surface area (Å²) in [6.07, 6.45) is 5.35. The maximum atomic E-state index is 3.79. The van der Waals surface area contributed by atoms with Crippen molar-refractivity contribution >= 4 is 15.9 Å². The highest BCUT2D eigenvalue weighted by Gasteiger charge is 2.34. The van der Waals surface area contributed by atoms with E-state index in [9.17, 15) is 0 Å². The molecule has 1 rings (SSSR count). The first-order valence-corrected chi connectivity index (χ1v) is 8.47. The first kappa shape index (κ1) is 15.5. The average molecular weight is 304 g/mol. The van der Waals surface area contributed by atoms with Crippen LogP contribution in [0, 0.1) is 17.3 Å². The Hall–Kier alpha value is 0.440. The SMILES string of the molecule is CCCC(CBr)(CCC)CN1CC(C)C(C)C1. The molecular formula is C15H30BrN. The number of rotatable bonds is 7. The average Bonchev–Trinajstić information content (AvgIpc) is 2.58. The van der Waals surface area contributed by atoms with Crippen molar-refractivity contribution in [2.45, 2.75) is 53.4 Å². The summed E-state index contributed by atoms with van der Waals surface area (Å²) in [4.78, 5) is 2.71. The molecule has 2 atom stereocenters. The summed E-state index contributed by atoms with van der Waals surface area (Å²) in [5.41, 5.74) is 0.521. The van der Waals surface area contributed by atoms with Crippen LogP contribution in [0.1, 0.15) is 53.4 Å². The molecule has 102 valence electrons. The second-order valence-electron chi connectivity index (χ2n) is 6.28. The molecule has 0 amide bonds. The molecule has 1 aliphatic rings. The van der Waals surface area contributed by atoms with Crippen molar-refractivity contribution in [2.75, 3.05) is 25.0 Å². The molecule has 0 aromatic rings. The van der Waals surface area contributed by atoms with Crippen molar-refractivity contribution in [3.05, 3.63) is 0 Å². The first-order chi connectivity index (χ1) is 8.06. The lowest BCUT2D eigenvalue weighted by molar-refractivity contribution is 0.165. The van der Waals surface area contributed by atoms with Crippen LogP contribution in [0.3, 0.4) is 0 Å². The second-order valence-corrected chi connectivity index (χ2v) is 6.84. The van der Waals surface area contributed by atoms with E-state index in [4.69, 9.17) is 0 Å². The maximum Gasteiger partial charge on any atom is 0.0100 e. The standard InChI is InChI=1S/C15H30BrN/c1-5-7-15(11-16,8-6-2)12-17-9-13(3)14(4)10-17/h13-14H,5-12H2,1-4H3. The summed E-state index contributed by atoms with van der Waals surface area (Å²) in [6.45, 7) is 13.4. The third-order valence-corrected chi connectivity index (χ3v) is 5.66. The zero-order chi connectivity index (χ0) is 12.9.